The van der Waals surface area contributed by atoms with Gasteiger partial charge >= 0.3 is 0 Å². The van der Waals surface area contributed by atoms with E-state index >= 15 is 0 Å². The molecule has 22 heavy (non-hydrogen) atoms. The molecule has 0 bridgehead atoms. The van der Waals surface area contributed by atoms with Gasteiger partial charge in [-0.3, -0.25) is 0 Å². The van der Waals surface area contributed by atoms with Crippen LogP contribution in [0.3, 0.4) is 0 Å². The van der Waals surface area contributed by atoms with E-state index in [0.717, 1.165) is 11.2 Å². The first-order valence-electron chi connectivity index (χ1n) is 8.39. The third-order valence-corrected chi connectivity index (χ3v) is 3.53. The lowest BCUT2D eigenvalue weighted by Crippen LogP contribution is -2.12. The third-order valence-electron chi connectivity index (χ3n) is 3.53. The summed E-state index contributed by atoms with van der Waals surface area (Å²) in [6, 6.07) is 12.7. The summed E-state index contributed by atoms with van der Waals surface area (Å²) in [5.41, 5.74) is 4.80. The number of para-hydroxylation sites is 1. The van der Waals surface area contributed by atoms with Crippen LogP contribution in [0, 0.1) is 6.92 Å². The fourth-order valence-electron chi connectivity index (χ4n) is 2.69. The highest BCUT2D eigenvalue weighted by atomic mass is 16.3. The second kappa shape index (κ2) is 7.49. The predicted octanol–water partition coefficient (Wildman–Crippen LogP) is 7.24. The highest BCUT2D eigenvalue weighted by molar-refractivity contribution is 6.05. The summed E-state index contributed by atoms with van der Waals surface area (Å²) < 4.78 is 5.94. The quantitative estimate of drug-likeness (QED) is 0.426. The van der Waals surface area contributed by atoms with Crippen LogP contribution >= 0.6 is 0 Å². The highest BCUT2D eigenvalue weighted by Crippen LogP contribution is 2.34. The van der Waals surface area contributed by atoms with Gasteiger partial charge in [-0.2, -0.15) is 0 Å². The molecule has 1 aromatic heterocycles. The molecule has 1 heteroatoms. The van der Waals surface area contributed by atoms with Crippen LogP contribution in [0.2, 0.25) is 0 Å². The minimum Gasteiger partial charge on any atom is -0.456 e. The average Bonchev–Trinajstić information content (AvgIpc) is 2.87. The van der Waals surface area contributed by atoms with Crippen molar-refractivity contribution in [2.75, 3.05) is 0 Å². The zero-order chi connectivity index (χ0) is 16.9. The maximum absolute atomic E-state index is 5.94. The average molecular weight is 298 g/mol. The molecule has 0 spiro atoms. The summed E-state index contributed by atoms with van der Waals surface area (Å²) in [7, 11) is 0. The zero-order valence-corrected chi connectivity index (χ0v) is 15.4. The van der Waals surface area contributed by atoms with Gasteiger partial charge in [-0.15, -0.1) is 0 Å². The van der Waals surface area contributed by atoms with Gasteiger partial charge in [-0.05, 0) is 41.7 Å². The van der Waals surface area contributed by atoms with Crippen molar-refractivity contribution in [2.24, 2.45) is 0 Å². The fraction of sp³-hybridized carbons (Fsp3) is 0.429. The van der Waals surface area contributed by atoms with E-state index in [1.165, 1.54) is 21.9 Å². The number of benzene rings is 2. The van der Waals surface area contributed by atoms with E-state index in [1.54, 1.807) is 0 Å². The molecule has 0 aliphatic carbocycles. The Balaban J connectivity index is 0.000000561. The lowest BCUT2D eigenvalue weighted by molar-refractivity contribution is 0.583. The smallest absolute Gasteiger partial charge is 0.135 e. The molecule has 0 saturated heterocycles. The van der Waals surface area contributed by atoms with Gasteiger partial charge in [0.1, 0.15) is 11.2 Å². The standard InChI is InChI=1S/C17H18O.2C2H6/c1-11-9-13-12-7-5-6-8-15(12)18-16(13)10-14(11)17(2,3)4;2*1-2/h5-10H,1-4H3;2*1-2H3. The number of aryl methyl sites for hydroxylation is 1. The molecule has 0 aliphatic heterocycles. The maximum Gasteiger partial charge on any atom is 0.135 e. The number of furan rings is 1. The van der Waals surface area contributed by atoms with Crippen molar-refractivity contribution in [1.82, 2.24) is 0 Å². The lowest BCUT2D eigenvalue weighted by Gasteiger charge is -2.21. The Morgan fingerprint density at radius 3 is 1.95 bits per heavy atom. The Morgan fingerprint density at radius 1 is 0.773 bits per heavy atom. The summed E-state index contributed by atoms with van der Waals surface area (Å²) >= 11 is 0. The molecular weight excluding hydrogens is 268 g/mol. The molecule has 0 atom stereocenters. The number of fused-ring (bicyclic) bond motifs is 3. The molecule has 0 fully saturated rings. The molecule has 120 valence electrons. The van der Waals surface area contributed by atoms with E-state index in [-0.39, 0.29) is 5.41 Å². The van der Waals surface area contributed by atoms with E-state index in [0.29, 0.717) is 0 Å². The van der Waals surface area contributed by atoms with Crippen LogP contribution in [-0.2, 0) is 5.41 Å². The Kier molecular flexibility index (Phi) is 6.22. The van der Waals surface area contributed by atoms with Crippen molar-refractivity contribution < 1.29 is 4.42 Å². The molecule has 1 nitrogen and oxygen atoms in total. The number of hydrogen-bond acceptors (Lipinski definition) is 1. The summed E-state index contributed by atoms with van der Waals surface area (Å²) in [5.74, 6) is 0. The SMILES string of the molecule is CC.CC.Cc1cc2c(cc1C(C)(C)C)oc1ccccc12. The molecule has 0 saturated carbocycles. The molecule has 0 unspecified atom stereocenters. The Bertz CT molecular complexity index is 727. The number of hydrogen-bond donors (Lipinski definition) is 0. The van der Waals surface area contributed by atoms with Gasteiger partial charge < -0.3 is 4.42 Å². The summed E-state index contributed by atoms with van der Waals surface area (Å²) in [6.45, 7) is 16.9. The van der Waals surface area contributed by atoms with E-state index in [4.69, 9.17) is 4.42 Å². The van der Waals surface area contributed by atoms with Crippen LogP contribution < -0.4 is 0 Å². The van der Waals surface area contributed by atoms with E-state index in [1.807, 2.05) is 39.8 Å². The molecule has 3 rings (SSSR count). The van der Waals surface area contributed by atoms with E-state index in [9.17, 15) is 0 Å². The topological polar surface area (TPSA) is 13.1 Å². The molecular formula is C21H30O. The predicted molar refractivity (Wildman–Crippen MR) is 99.9 cm³/mol. The monoisotopic (exact) mass is 298 g/mol. The summed E-state index contributed by atoms with van der Waals surface area (Å²) in [5, 5.41) is 2.42. The van der Waals surface area contributed by atoms with Crippen LogP contribution in [0.4, 0.5) is 0 Å². The van der Waals surface area contributed by atoms with Crippen molar-refractivity contribution in [1.29, 1.82) is 0 Å². The first-order chi connectivity index (χ1) is 10.5. The molecule has 0 N–H and O–H groups in total. The highest BCUT2D eigenvalue weighted by Gasteiger charge is 2.18. The van der Waals surface area contributed by atoms with Gasteiger partial charge in [0, 0.05) is 10.8 Å². The van der Waals surface area contributed by atoms with Crippen molar-refractivity contribution >= 4 is 21.9 Å². The van der Waals surface area contributed by atoms with Crippen LogP contribution in [0.15, 0.2) is 40.8 Å². The second-order valence-corrected chi connectivity index (χ2v) is 6.01. The van der Waals surface area contributed by atoms with Crippen LogP contribution in [0.25, 0.3) is 21.9 Å². The van der Waals surface area contributed by atoms with E-state index in [2.05, 4.69) is 52.0 Å². The third kappa shape index (κ3) is 3.52. The van der Waals surface area contributed by atoms with Gasteiger partial charge in [0.2, 0.25) is 0 Å². The number of rotatable bonds is 0. The molecule has 0 radical (unpaired) electrons. The Hall–Kier alpha value is -1.76. The van der Waals surface area contributed by atoms with Crippen LogP contribution in [-0.4, -0.2) is 0 Å². The zero-order valence-electron chi connectivity index (χ0n) is 15.4. The molecule has 2 aromatic carbocycles. The van der Waals surface area contributed by atoms with Gasteiger partial charge in [-0.1, -0.05) is 66.7 Å². The van der Waals surface area contributed by atoms with Crippen molar-refractivity contribution in [3.05, 3.63) is 47.5 Å². The Labute approximate surface area is 135 Å². The summed E-state index contributed by atoms with van der Waals surface area (Å²) in [4.78, 5) is 0. The molecule has 0 aliphatic rings. The Morgan fingerprint density at radius 2 is 1.36 bits per heavy atom. The van der Waals surface area contributed by atoms with Crippen molar-refractivity contribution in [3.8, 4) is 0 Å². The maximum atomic E-state index is 5.94. The normalized spacial score (nSPS) is 10.7. The van der Waals surface area contributed by atoms with Gasteiger partial charge in [0.25, 0.3) is 0 Å². The van der Waals surface area contributed by atoms with Crippen LogP contribution in [0.5, 0.6) is 0 Å². The van der Waals surface area contributed by atoms with Crippen LogP contribution in [0.1, 0.15) is 59.6 Å². The minimum atomic E-state index is 0.150. The largest absolute Gasteiger partial charge is 0.456 e. The fourth-order valence-corrected chi connectivity index (χ4v) is 2.69. The molecule has 3 aromatic rings. The minimum absolute atomic E-state index is 0.150. The van der Waals surface area contributed by atoms with Crippen molar-refractivity contribution in [3.63, 3.8) is 0 Å². The molecule has 1 heterocycles. The van der Waals surface area contributed by atoms with Crippen molar-refractivity contribution in [2.45, 2.75) is 60.8 Å². The molecule has 0 amide bonds. The first kappa shape index (κ1) is 18.3. The van der Waals surface area contributed by atoms with E-state index < -0.39 is 0 Å². The van der Waals surface area contributed by atoms with Gasteiger partial charge in [0.05, 0.1) is 0 Å². The van der Waals surface area contributed by atoms with Gasteiger partial charge in [0.15, 0.2) is 0 Å². The second-order valence-electron chi connectivity index (χ2n) is 6.01. The summed E-state index contributed by atoms with van der Waals surface area (Å²) in [6.07, 6.45) is 0. The van der Waals surface area contributed by atoms with Gasteiger partial charge in [-0.25, -0.2) is 0 Å². The lowest BCUT2D eigenvalue weighted by atomic mass is 9.83. The first-order valence-corrected chi connectivity index (χ1v) is 8.39.